The first-order chi connectivity index (χ1) is 12.2. The van der Waals surface area contributed by atoms with Crippen molar-refractivity contribution in [1.82, 2.24) is 9.80 Å². The standard InChI is InChI=1S/C20H28BrFN2O3/c1-19(2,3)17-23(7)16(25)15(24(17)18(26)27-20(4,5)6)10-12-8-9-13(21)11-14(12)22/h8-9,11,15,17H,10H2,1-7H3/t15-,17-/m0/s1/i22-1. The van der Waals surface area contributed by atoms with Gasteiger partial charge in [0.05, 0.1) is 0 Å². The Balaban J connectivity index is 2.45. The Morgan fingerprint density at radius 1 is 1.22 bits per heavy atom. The molecule has 0 saturated carbocycles. The molecule has 5 nitrogen and oxygen atoms in total. The second kappa shape index (κ2) is 7.41. The molecule has 2 atom stereocenters. The normalized spacial score (nSPS) is 21.0. The molecular weight excluding hydrogens is 414 g/mol. The van der Waals surface area contributed by atoms with Gasteiger partial charge in [-0.25, -0.2) is 9.18 Å². The van der Waals surface area contributed by atoms with Gasteiger partial charge in [0, 0.05) is 23.4 Å². The Labute approximate surface area is 169 Å². The largest absolute Gasteiger partial charge is 0.444 e. The summed E-state index contributed by atoms with van der Waals surface area (Å²) in [6.07, 6.45) is -0.959. The summed E-state index contributed by atoms with van der Waals surface area (Å²) in [5.41, 5.74) is -0.709. The summed E-state index contributed by atoms with van der Waals surface area (Å²) in [5.74, 6) is -0.633. The van der Waals surface area contributed by atoms with Crippen LogP contribution in [0.3, 0.4) is 0 Å². The third kappa shape index (κ3) is 4.81. The lowest BCUT2D eigenvalue weighted by atomic mass is 9.91. The van der Waals surface area contributed by atoms with Crippen LogP contribution in [-0.4, -0.2) is 46.7 Å². The van der Waals surface area contributed by atoms with E-state index in [2.05, 4.69) is 15.9 Å². The van der Waals surface area contributed by atoms with Crippen LogP contribution in [-0.2, 0) is 16.0 Å². The molecule has 0 bridgehead atoms. The Kier molecular flexibility index (Phi) is 5.95. The summed E-state index contributed by atoms with van der Waals surface area (Å²) in [4.78, 5) is 29.0. The van der Waals surface area contributed by atoms with Gasteiger partial charge in [-0.3, -0.25) is 9.69 Å². The van der Waals surface area contributed by atoms with E-state index in [9.17, 15) is 14.0 Å². The number of likely N-dealkylation sites (N-methyl/N-ethyl adjacent to an activating group) is 1. The molecule has 0 aliphatic carbocycles. The van der Waals surface area contributed by atoms with Crippen LogP contribution in [0.4, 0.5) is 9.18 Å². The first-order valence-electron chi connectivity index (χ1n) is 8.94. The number of nitrogens with zero attached hydrogens (tertiary/aromatic N) is 2. The molecule has 1 aromatic rings. The molecule has 1 fully saturated rings. The Bertz CT molecular complexity index is 740. The van der Waals surface area contributed by atoms with Crippen LogP contribution < -0.4 is 0 Å². The molecule has 7 heteroatoms. The zero-order valence-electron chi connectivity index (χ0n) is 17.0. The maximum Gasteiger partial charge on any atom is 0.412 e. The monoisotopic (exact) mass is 441 g/mol. The quantitative estimate of drug-likeness (QED) is 0.674. The van der Waals surface area contributed by atoms with Gasteiger partial charge in [0.2, 0.25) is 5.91 Å². The molecule has 0 aromatic heterocycles. The van der Waals surface area contributed by atoms with Gasteiger partial charge in [0.25, 0.3) is 0 Å². The fourth-order valence-electron chi connectivity index (χ4n) is 3.45. The summed E-state index contributed by atoms with van der Waals surface area (Å²) < 4.78 is 20.6. The summed E-state index contributed by atoms with van der Waals surface area (Å²) in [7, 11) is 1.67. The van der Waals surface area contributed by atoms with Gasteiger partial charge >= 0.3 is 6.09 Å². The number of rotatable bonds is 2. The average molecular weight is 442 g/mol. The highest BCUT2D eigenvalue weighted by molar-refractivity contribution is 9.10. The molecule has 1 saturated heterocycles. The molecule has 1 aliphatic heterocycles. The van der Waals surface area contributed by atoms with Crippen molar-refractivity contribution < 1.29 is 18.7 Å². The lowest BCUT2D eigenvalue weighted by Gasteiger charge is -2.39. The zero-order valence-corrected chi connectivity index (χ0v) is 18.6. The van der Waals surface area contributed by atoms with Crippen molar-refractivity contribution in [2.75, 3.05) is 7.05 Å². The number of halogens is 2. The van der Waals surface area contributed by atoms with E-state index in [1.807, 2.05) is 20.8 Å². The maximum atomic E-state index is 14.4. The van der Waals surface area contributed by atoms with Crippen LogP contribution in [0.1, 0.15) is 47.1 Å². The number of carbonyl (C=O) groups excluding carboxylic acids is 2. The fourth-order valence-corrected chi connectivity index (χ4v) is 3.79. The second-order valence-corrected chi connectivity index (χ2v) is 9.95. The van der Waals surface area contributed by atoms with Crippen molar-refractivity contribution in [2.24, 2.45) is 5.41 Å². The minimum atomic E-state index is -0.815. The predicted molar refractivity (Wildman–Crippen MR) is 106 cm³/mol. The minimum absolute atomic E-state index is 0.0914. The van der Waals surface area contributed by atoms with E-state index in [0.717, 1.165) is 0 Å². The predicted octanol–water partition coefficient (Wildman–Crippen LogP) is 4.58. The van der Waals surface area contributed by atoms with Gasteiger partial charge in [-0.2, -0.15) is 0 Å². The van der Waals surface area contributed by atoms with E-state index >= 15 is 0 Å². The molecular formula is C20H28BrFN2O3. The first kappa shape index (κ1) is 21.7. The van der Waals surface area contributed by atoms with E-state index in [-0.39, 0.29) is 12.3 Å². The number of benzene rings is 1. The lowest BCUT2D eigenvalue weighted by molar-refractivity contribution is -0.129. The highest BCUT2D eigenvalue weighted by Gasteiger charge is 2.52. The fraction of sp³-hybridized carbons (Fsp3) is 0.600. The summed E-state index contributed by atoms with van der Waals surface area (Å²) >= 11 is 3.23. The molecule has 0 unspecified atom stereocenters. The average Bonchev–Trinajstić information content (AvgIpc) is 2.73. The van der Waals surface area contributed by atoms with E-state index in [0.29, 0.717) is 10.0 Å². The molecule has 27 heavy (non-hydrogen) atoms. The van der Waals surface area contributed by atoms with E-state index in [1.165, 1.54) is 11.0 Å². The van der Waals surface area contributed by atoms with Crippen molar-refractivity contribution in [3.63, 3.8) is 0 Å². The number of ether oxygens (including phenoxy) is 1. The van der Waals surface area contributed by atoms with E-state index < -0.39 is 35.1 Å². The number of amides is 2. The first-order valence-corrected chi connectivity index (χ1v) is 9.73. The Morgan fingerprint density at radius 3 is 2.30 bits per heavy atom. The highest BCUT2D eigenvalue weighted by Crippen LogP contribution is 2.36. The van der Waals surface area contributed by atoms with Crippen LogP contribution in [0, 0.1) is 11.2 Å². The van der Waals surface area contributed by atoms with Crippen LogP contribution in [0.2, 0.25) is 0 Å². The minimum Gasteiger partial charge on any atom is -0.444 e. The van der Waals surface area contributed by atoms with Crippen molar-refractivity contribution in [3.05, 3.63) is 34.1 Å². The molecule has 150 valence electrons. The molecule has 0 radical (unpaired) electrons. The molecule has 1 aromatic carbocycles. The van der Waals surface area contributed by atoms with E-state index in [4.69, 9.17) is 4.74 Å². The summed E-state index contributed by atoms with van der Waals surface area (Å²) in [5, 5.41) is 0. The number of hydrogen-bond donors (Lipinski definition) is 0. The van der Waals surface area contributed by atoms with Gasteiger partial charge in [-0.1, -0.05) is 42.8 Å². The van der Waals surface area contributed by atoms with Crippen LogP contribution in [0.15, 0.2) is 22.7 Å². The second-order valence-electron chi connectivity index (χ2n) is 9.03. The smallest absolute Gasteiger partial charge is 0.412 e. The maximum absolute atomic E-state index is 14.4. The van der Waals surface area contributed by atoms with Gasteiger partial charge in [0.15, 0.2) is 0 Å². The number of hydrogen-bond acceptors (Lipinski definition) is 3. The summed E-state index contributed by atoms with van der Waals surface area (Å²) in [6.45, 7) is 11.2. The molecule has 0 spiro atoms. The molecule has 1 aliphatic rings. The molecule has 2 amide bonds. The van der Waals surface area contributed by atoms with Crippen LogP contribution in [0.5, 0.6) is 0 Å². The Morgan fingerprint density at radius 2 is 1.81 bits per heavy atom. The van der Waals surface area contributed by atoms with Crippen molar-refractivity contribution in [2.45, 2.75) is 65.8 Å². The SMILES string of the molecule is CN1C(=O)[C@H](Cc2ccc(Br)cc2[18F])N(C(=O)OC(C)(C)C)[C@H]1C(C)(C)C. The topological polar surface area (TPSA) is 49.9 Å². The molecule has 1 heterocycles. The van der Waals surface area contributed by atoms with Gasteiger partial charge in [-0.15, -0.1) is 0 Å². The van der Waals surface area contributed by atoms with Gasteiger partial charge in [0.1, 0.15) is 23.6 Å². The highest BCUT2D eigenvalue weighted by atomic mass is 79.9. The van der Waals surface area contributed by atoms with Gasteiger partial charge in [-0.05, 0) is 38.5 Å². The van der Waals surface area contributed by atoms with Crippen molar-refractivity contribution in [3.8, 4) is 0 Å². The molecule has 0 N–H and O–H groups in total. The third-order valence-corrected chi connectivity index (χ3v) is 4.90. The molecule has 2 rings (SSSR count). The van der Waals surface area contributed by atoms with Gasteiger partial charge < -0.3 is 9.64 Å². The number of carbonyl (C=O) groups is 2. The zero-order chi connectivity index (χ0) is 20.7. The van der Waals surface area contributed by atoms with Crippen LogP contribution >= 0.6 is 15.9 Å². The van der Waals surface area contributed by atoms with Crippen molar-refractivity contribution in [1.29, 1.82) is 0 Å². The van der Waals surface area contributed by atoms with E-state index in [1.54, 1.807) is 44.9 Å². The summed E-state index contributed by atoms with van der Waals surface area (Å²) in [6, 6.07) is 3.90. The Hall–Kier alpha value is -1.63. The lowest BCUT2D eigenvalue weighted by Crippen LogP contribution is -2.52. The van der Waals surface area contributed by atoms with Crippen LogP contribution in [0.25, 0.3) is 0 Å². The van der Waals surface area contributed by atoms with Crippen molar-refractivity contribution >= 4 is 27.9 Å². The third-order valence-electron chi connectivity index (χ3n) is 4.41.